The van der Waals surface area contributed by atoms with Gasteiger partial charge < -0.3 is 10.1 Å². The number of benzene rings is 2. The summed E-state index contributed by atoms with van der Waals surface area (Å²) >= 11 is 0. The summed E-state index contributed by atoms with van der Waals surface area (Å²) in [5.74, 6) is 0.466. The standard InChI is InChI=1S/C22H29NO2/c1-17(2)15-16-25-18(3)21(24)23-22(4,19-11-7-5-8-12-19)20-13-9-6-10-14-20/h5-14,17-18H,15-16H2,1-4H3,(H,23,24). The summed E-state index contributed by atoms with van der Waals surface area (Å²) in [6, 6.07) is 20.1. The Morgan fingerprint density at radius 3 is 1.88 bits per heavy atom. The van der Waals surface area contributed by atoms with Crippen LogP contribution in [0.5, 0.6) is 0 Å². The van der Waals surface area contributed by atoms with Crippen LogP contribution in [0.25, 0.3) is 0 Å². The average Bonchev–Trinajstić information content (AvgIpc) is 2.62. The van der Waals surface area contributed by atoms with E-state index >= 15 is 0 Å². The first-order chi connectivity index (χ1) is 11.9. The number of nitrogens with one attached hydrogen (secondary N) is 1. The minimum absolute atomic E-state index is 0.0982. The van der Waals surface area contributed by atoms with Crippen molar-refractivity contribution in [2.24, 2.45) is 5.92 Å². The second kappa shape index (κ2) is 8.82. The third-order valence-corrected chi connectivity index (χ3v) is 4.51. The van der Waals surface area contributed by atoms with Crippen molar-refractivity contribution in [1.82, 2.24) is 5.32 Å². The third-order valence-electron chi connectivity index (χ3n) is 4.51. The summed E-state index contributed by atoms with van der Waals surface area (Å²) < 4.78 is 5.72. The number of rotatable bonds is 8. The van der Waals surface area contributed by atoms with Gasteiger partial charge in [-0.05, 0) is 37.3 Å². The van der Waals surface area contributed by atoms with E-state index in [0.29, 0.717) is 12.5 Å². The Morgan fingerprint density at radius 1 is 0.960 bits per heavy atom. The van der Waals surface area contributed by atoms with E-state index in [0.717, 1.165) is 17.5 Å². The van der Waals surface area contributed by atoms with E-state index in [9.17, 15) is 4.79 Å². The van der Waals surface area contributed by atoms with Gasteiger partial charge in [0.15, 0.2) is 0 Å². The van der Waals surface area contributed by atoms with Gasteiger partial charge in [0.05, 0.1) is 5.54 Å². The van der Waals surface area contributed by atoms with Crippen LogP contribution in [0.1, 0.15) is 45.2 Å². The third kappa shape index (κ3) is 5.17. The molecule has 25 heavy (non-hydrogen) atoms. The molecule has 1 unspecified atom stereocenters. The Kier molecular flexibility index (Phi) is 6.77. The highest BCUT2D eigenvalue weighted by Crippen LogP contribution is 2.29. The van der Waals surface area contributed by atoms with E-state index in [1.165, 1.54) is 0 Å². The van der Waals surface area contributed by atoms with Gasteiger partial charge in [-0.1, -0.05) is 74.5 Å². The van der Waals surface area contributed by atoms with Crippen LogP contribution < -0.4 is 5.32 Å². The molecule has 3 nitrogen and oxygen atoms in total. The number of carbonyl (C=O) groups excluding carboxylic acids is 1. The summed E-state index contributed by atoms with van der Waals surface area (Å²) in [5, 5.41) is 3.20. The molecule has 0 spiro atoms. The van der Waals surface area contributed by atoms with Crippen molar-refractivity contribution in [3.63, 3.8) is 0 Å². The maximum Gasteiger partial charge on any atom is 0.249 e. The van der Waals surface area contributed by atoms with Gasteiger partial charge in [-0.15, -0.1) is 0 Å². The van der Waals surface area contributed by atoms with Gasteiger partial charge in [0.2, 0.25) is 5.91 Å². The van der Waals surface area contributed by atoms with Crippen molar-refractivity contribution in [1.29, 1.82) is 0 Å². The second-order valence-electron chi connectivity index (χ2n) is 7.04. The van der Waals surface area contributed by atoms with E-state index in [1.807, 2.05) is 74.5 Å². The van der Waals surface area contributed by atoms with E-state index < -0.39 is 11.6 Å². The smallest absolute Gasteiger partial charge is 0.249 e. The van der Waals surface area contributed by atoms with E-state index in [1.54, 1.807) is 0 Å². The first-order valence-corrected chi connectivity index (χ1v) is 8.98. The first kappa shape index (κ1) is 19.2. The van der Waals surface area contributed by atoms with Crippen LogP contribution in [-0.2, 0) is 15.1 Å². The maximum atomic E-state index is 12.7. The van der Waals surface area contributed by atoms with Gasteiger partial charge in [0, 0.05) is 6.61 Å². The fourth-order valence-electron chi connectivity index (χ4n) is 2.76. The minimum atomic E-state index is -0.602. The average molecular weight is 339 g/mol. The molecule has 2 aromatic rings. The molecule has 0 aliphatic rings. The van der Waals surface area contributed by atoms with Gasteiger partial charge >= 0.3 is 0 Å². The van der Waals surface area contributed by atoms with Crippen molar-refractivity contribution in [2.75, 3.05) is 6.61 Å². The lowest BCUT2D eigenvalue weighted by Gasteiger charge is -2.33. The van der Waals surface area contributed by atoms with Crippen LogP contribution in [0.4, 0.5) is 0 Å². The van der Waals surface area contributed by atoms with Gasteiger partial charge in [-0.2, -0.15) is 0 Å². The zero-order valence-electron chi connectivity index (χ0n) is 15.7. The lowest BCUT2D eigenvalue weighted by Crippen LogP contribution is -2.48. The van der Waals surface area contributed by atoms with E-state index in [-0.39, 0.29) is 5.91 Å². The molecule has 0 saturated carbocycles. The molecule has 0 radical (unpaired) electrons. The van der Waals surface area contributed by atoms with Crippen LogP contribution in [0.3, 0.4) is 0 Å². The fraction of sp³-hybridized carbons (Fsp3) is 0.409. The number of hydrogen-bond acceptors (Lipinski definition) is 2. The number of hydrogen-bond donors (Lipinski definition) is 1. The lowest BCUT2D eigenvalue weighted by atomic mass is 9.84. The monoisotopic (exact) mass is 339 g/mol. The molecule has 3 heteroatoms. The Hall–Kier alpha value is -2.13. The van der Waals surface area contributed by atoms with Crippen molar-refractivity contribution in [3.05, 3.63) is 71.8 Å². The van der Waals surface area contributed by atoms with Crippen LogP contribution in [0.15, 0.2) is 60.7 Å². The highest BCUT2D eigenvalue weighted by molar-refractivity contribution is 5.82. The van der Waals surface area contributed by atoms with Gasteiger partial charge in [0.25, 0.3) is 0 Å². The first-order valence-electron chi connectivity index (χ1n) is 8.98. The second-order valence-corrected chi connectivity index (χ2v) is 7.04. The molecule has 0 aliphatic carbocycles. The molecule has 0 heterocycles. The SMILES string of the molecule is CC(C)CCOC(C)C(=O)NC(C)(c1ccccc1)c1ccccc1. The number of ether oxygens (including phenoxy) is 1. The predicted octanol–water partition coefficient (Wildman–Crippen LogP) is 4.52. The summed E-state index contributed by atoms with van der Waals surface area (Å²) in [6.45, 7) is 8.74. The highest BCUT2D eigenvalue weighted by atomic mass is 16.5. The molecule has 0 aromatic heterocycles. The van der Waals surface area contributed by atoms with Crippen molar-refractivity contribution >= 4 is 5.91 Å². The van der Waals surface area contributed by atoms with Crippen LogP contribution in [-0.4, -0.2) is 18.6 Å². The van der Waals surface area contributed by atoms with Gasteiger partial charge in [-0.3, -0.25) is 4.79 Å². The molecule has 134 valence electrons. The van der Waals surface area contributed by atoms with Gasteiger partial charge in [0.1, 0.15) is 6.10 Å². The summed E-state index contributed by atoms with van der Waals surface area (Å²) in [5.41, 5.74) is 1.49. The largest absolute Gasteiger partial charge is 0.369 e. The van der Waals surface area contributed by atoms with Crippen molar-refractivity contribution in [2.45, 2.75) is 45.8 Å². The fourth-order valence-corrected chi connectivity index (χ4v) is 2.76. The van der Waals surface area contributed by atoms with E-state index in [2.05, 4.69) is 19.2 Å². The maximum absolute atomic E-state index is 12.7. The normalized spacial score (nSPS) is 12.8. The lowest BCUT2D eigenvalue weighted by molar-refractivity contribution is -0.133. The molecular formula is C22H29NO2. The molecule has 1 amide bonds. The van der Waals surface area contributed by atoms with Crippen LogP contribution in [0.2, 0.25) is 0 Å². The van der Waals surface area contributed by atoms with Crippen LogP contribution >= 0.6 is 0 Å². The van der Waals surface area contributed by atoms with Gasteiger partial charge in [-0.25, -0.2) is 0 Å². The molecule has 0 fully saturated rings. The molecule has 0 bridgehead atoms. The topological polar surface area (TPSA) is 38.3 Å². The highest BCUT2D eigenvalue weighted by Gasteiger charge is 2.32. The summed E-state index contributed by atoms with van der Waals surface area (Å²) in [6.07, 6.45) is 0.470. The number of amides is 1. The zero-order valence-corrected chi connectivity index (χ0v) is 15.7. The van der Waals surface area contributed by atoms with Crippen molar-refractivity contribution in [3.8, 4) is 0 Å². The van der Waals surface area contributed by atoms with E-state index in [4.69, 9.17) is 4.74 Å². The Morgan fingerprint density at radius 2 is 1.44 bits per heavy atom. The Labute approximate surface area is 151 Å². The molecule has 0 saturated heterocycles. The number of carbonyl (C=O) groups is 1. The minimum Gasteiger partial charge on any atom is -0.369 e. The molecule has 2 aromatic carbocycles. The zero-order chi connectivity index (χ0) is 18.3. The summed E-state index contributed by atoms with van der Waals surface area (Å²) in [4.78, 5) is 12.7. The molecule has 0 aliphatic heterocycles. The van der Waals surface area contributed by atoms with Crippen molar-refractivity contribution < 1.29 is 9.53 Å². The molecule has 1 N–H and O–H groups in total. The molecule has 1 atom stereocenters. The Balaban J connectivity index is 2.18. The predicted molar refractivity (Wildman–Crippen MR) is 102 cm³/mol. The molecular weight excluding hydrogens is 310 g/mol. The quantitative estimate of drug-likeness (QED) is 0.768. The summed E-state index contributed by atoms with van der Waals surface area (Å²) in [7, 11) is 0. The Bertz CT molecular complexity index is 613. The molecule has 2 rings (SSSR count). The van der Waals surface area contributed by atoms with Crippen LogP contribution in [0, 0.1) is 5.92 Å².